The normalized spacial score (nSPS) is 34.1. The molecule has 0 aromatic rings. The Morgan fingerprint density at radius 1 is 1.23 bits per heavy atom. The van der Waals surface area contributed by atoms with Gasteiger partial charge in [0.25, 0.3) is 0 Å². The molecule has 1 saturated carbocycles. The highest BCUT2D eigenvalue weighted by Crippen LogP contribution is 2.60. The third-order valence-electron chi connectivity index (χ3n) is 8.12. The van der Waals surface area contributed by atoms with E-state index < -0.39 is 0 Å². The van der Waals surface area contributed by atoms with Gasteiger partial charge in [0.15, 0.2) is 6.29 Å². The molecule has 0 bridgehead atoms. The molecule has 30 heavy (non-hydrogen) atoms. The smallest absolute Gasteiger partial charge is 0.333 e. The Morgan fingerprint density at radius 2 is 2.03 bits per heavy atom. The van der Waals surface area contributed by atoms with Crippen LogP contribution in [0.4, 0.5) is 0 Å². The minimum Gasteiger partial charge on any atom is -0.466 e. The molecule has 1 aliphatic heterocycles. The molecule has 1 saturated heterocycles. The second-order valence-corrected chi connectivity index (χ2v) is 10.6. The fourth-order valence-corrected chi connectivity index (χ4v) is 6.36. The van der Waals surface area contributed by atoms with Crippen LogP contribution in [-0.2, 0) is 19.0 Å². The van der Waals surface area contributed by atoms with Crippen LogP contribution in [-0.4, -0.2) is 32.6 Å². The molecular weight excluding hydrogens is 376 g/mol. The first kappa shape index (κ1) is 23.5. The van der Waals surface area contributed by atoms with Gasteiger partial charge in [-0.15, -0.1) is 0 Å². The zero-order valence-electron chi connectivity index (χ0n) is 19.8. The van der Waals surface area contributed by atoms with Crippen LogP contribution in [0.15, 0.2) is 23.3 Å². The summed E-state index contributed by atoms with van der Waals surface area (Å²) in [5.41, 5.74) is 2.72. The maximum Gasteiger partial charge on any atom is 0.333 e. The van der Waals surface area contributed by atoms with Gasteiger partial charge in [-0.3, -0.25) is 0 Å². The van der Waals surface area contributed by atoms with E-state index in [1.807, 2.05) is 0 Å². The van der Waals surface area contributed by atoms with E-state index >= 15 is 0 Å². The van der Waals surface area contributed by atoms with Crippen LogP contribution in [0.25, 0.3) is 0 Å². The molecule has 2 fully saturated rings. The van der Waals surface area contributed by atoms with Crippen LogP contribution in [0.3, 0.4) is 0 Å². The van der Waals surface area contributed by atoms with Crippen LogP contribution in [0.1, 0.15) is 85.5 Å². The Bertz CT molecular complexity index is 656. The molecule has 0 amide bonds. The zero-order chi connectivity index (χ0) is 21.8. The quantitative estimate of drug-likeness (QED) is 0.364. The summed E-state index contributed by atoms with van der Waals surface area (Å²) in [6, 6.07) is 0. The number of carbonyl (C=O) groups excluding carboxylic acids is 1. The van der Waals surface area contributed by atoms with E-state index in [2.05, 4.69) is 39.8 Å². The number of hydrogen-bond acceptors (Lipinski definition) is 4. The molecule has 2 aliphatic carbocycles. The van der Waals surface area contributed by atoms with E-state index in [1.165, 1.54) is 38.4 Å². The lowest BCUT2D eigenvalue weighted by atomic mass is 9.48. The van der Waals surface area contributed by atoms with Crippen molar-refractivity contribution in [3.8, 4) is 0 Å². The van der Waals surface area contributed by atoms with Crippen LogP contribution >= 0.6 is 0 Å². The van der Waals surface area contributed by atoms with Gasteiger partial charge in [0, 0.05) is 12.2 Å². The highest BCUT2D eigenvalue weighted by Gasteiger charge is 2.53. The fourth-order valence-electron chi connectivity index (χ4n) is 6.36. The molecule has 0 N–H and O–H groups in total. The predicted molar refractivity (Wildman–Crippen MR) is 120 cm³/mol. The van der Waals surface area contributed by atoms with Gasteiger partial charge in [-0.25, -0.2) is 4.79 Å². The lowest BCUT2D eigenvalue weighted by molar-refractivity contribution is -0.155. The molecule has 3 rings (SSSR count). The molecule has 3 aliphatic rings. The van der Waals surface area contributed by atoms with Crippen molar-refractivity contribution in [1.29, 1.82) is 0 Å². The maximum absolute atomic E-state index is 12.6. The first-order valence-electron chi connectivity index (χ1n) is 11.9. The second-order valence-electron chi connectivity index (χ2n) is 10.6. The number of esters is 1. The lowest BCUT2D eigenvalue weighted by Crippen LogP contribution is -2.49. The Hall–Kier alpha value is -1.13. The number of fused-ring (bicyclic) bond motifs is 1. The third kappa shape index (κ3) is 5.19. The zero-order valence-corrected chi connectivity index (χ0v) is 19.8. The summed E-state index contributed by atoms with van der Waals surface area (Å²) < 4.78 is 16.7. The maximum atomic E-state index is 12.6. The van der Waals surface area contributed by atoms with Crippen molar-refractivity contribution >= 4 is 5.97 Å². The molecule has 4 heteroatoms. The topological polar surface area (TPSA) is 44.8 Å². The van der Waals surface area contributed by atoms with Gasteiger partial charge in [0.05, 0.1) is 13.7 Å². The van der Waals surface area contributed by atoms with Crippen LogP contribution < -0.4 is 0 Å². The van der Waals surface area contributed by atoms with Gasteiger partial charge in [-0.2, -0.15) is 0 Å². The largest absolute Gasteiger partial charge is 0.466 e. The average Bonchev–Trinajstić information content (AvgIpc) is 2.71. The predicted octanol–water partition coefficient (Wildman–Crippen LogP) is 6.21. The van der Waals surface area contributed by atoms with Crippen molar-refractivity contribution in [3.63, 3.8) is 0 Å². The molecule has 0 aromatic carbocycles. The number of carbonyl (C=O) groups is 1. The van der Waals surface area contributed by atoms with E-state index in [0.717, 1.165) is 44.3 Å². The van der Waals surface area contributed by atoms with Gasteiger partial charge < -0.3 is 14.2 Å². The minimum atomic E-state index is -0.137. The minimum absolute atomic E-state index is 0.0425. The summed E-state index contributed by atoms with van der Waals surface area (Å²) in [6.45, 7) is 10.9. The highest BCUT2D eigenvalue weighted by atomic mass is 16.7. The van der Waals surface area contributed by atoms with Crippen molar-refractivity contribution in [2.75, 3.05) is 20.3 Å². The average molecular weight is 419 g/mol. The van der Waals surface area contributed by atoms with Gasteiger partial charge in [0.1, 0.15) is 0 Å². The summed E-state index contributed by atoms with van der Waals surface area (Å²) >= 11 is 0. The molecule has 4 atom stereocenters. The third-order valence-corrected chi connectivity index (χ3v) is 8.12. The van der Waals surface area contributed by atoms with E-state index in [9.17, 15) is 4.79 Å². The second kappa shape index (κ2) is 9.99. The number of methoxy groups -OCH3 is 1. The summed E-state index contributed by atoms with van der Waals surface area (Å²) in [7, 11) is 1.51. The van der Waals surface area contributed by atoms with Crippen LogP contribution in [0.2, 0.25) is 0 Å². The number of ether oxygens (including phenoxy) is 3. The first-order valence-corrected chi connectivity index (χ1v) is 11.9. The van der Waals surface area contributed by atoms with E-state index in [0.29, 0.717) is 17.9 Å². The van der Waals surface area contributed by atoms with E-state index in [-0.39, 0.29) is 23.6 Å². The SMILES string of the molecule is COC(=O)C1=CCC2C(C)(C)CCC[C@]2(C)[C@H]1CC/C(C)=C/COC1CCCCO1. The van der Waals surface area contributed by atoms with Crippen LogP contribution in [0.5, 0.6) is 0 Å². The summed E-state index contributed by atoms with van der Waals surface area (Å²) in [6.07, 6.45) is 14.4. The molecule has 1 heterocycles. The monoisotopic (exact) mass is 418 g/mol. The van der Waals surface area contributed by atoms with Crippen molar-refractivity contribution in [2.45, 2.75) is 91.8 Å². The Kier molecular flexibility index (Phi) is 7.84. The van der Waals surface area contributed by atoms with Crippen molar-refractivity contribution in [2.24, 2.45) is 22.7 Å². The number of rotatable bonds is 7. The highest BCUT2D eigenvalue weighted by molar-refractivity contribution is 5.89. The number of hydrogen-bond donors (Lipinski definition) is 0. The molecule has 170 valence electrons. The van der Waals surface area contributed by atoms with E-state index in [4.69, 9.17) is 14.2 Å². The van der Waals surface area contributed by atoms with Crippen molar-refractivity contribution in [3.05, 3.63) is 23.3 Å². The van der Waals surface area contributed by atoms with Crippen molar-refractivity contribution in [1.82, 2.24) is 0 Å². The summed E-state index contributed by atoms with van der Waals surface area (Å²) in [4.78, 5) is 12.6. The van der Waals surface area contributed by atoms with Gasteiger partial charge >= 0.3 is 5.97 Å². The number of allylic oxidation sites excluding steroid dienone is 2. The molecule has 2 unspecified atom stereocenters. The Morgan fingerprint density at radius 3 is 2.73 bits per heavy atom. The summed E-state index contributed by atoms with van der Waals surface area (Å²) in [5, 5.41) is 0. The fraction of sp³-hybridized carbons (Fsp3) is 0.808. The molecule has 0 aromatic heterocycles. The lowest BCUT2D eigenvalue weighted by Gasteiger charge is -2.56. The van der Waals surface area contributed by atoms with Crippen LogP contribution in [0, 0.1) is 22.7 Å². The standard InChI is InChI=1S/C26H42O4/c1-19(14-18-30-23-9-6-7-17-29-23)10-12-21-20(24(27)28-5)11-13-22-25(2,3)15-8-16-26(21,22)4/h11,14,21-23H,6-10,12-13,15-18H2,1-5H3/b19-14+/t21-,22?,23?,26+/m0/s1. The summed E-state index contributed by atoms with van der Waals surface area (Å²) in [5.74, 6) is 0.741. The van der Waals surface area contributed by atoms with Crippen molar-refractivity contribution < 1.29 is 19.0 Å². The molecule has 0 spiro atoms. The van der Waals surface area contributed by atoms with Gasteiger partial charge in [-0.1, -0.05) is 44.9 Å². The first-order chi connectivity index (χ1) is 14.3. The Labute approximate surface area is 183 Å². The Balaban J connectivity index is 1.67. The van der Waals surface area contributed by atoms with Gasteiger partial charge in [0.2, 0.25) is 0 Å². The van der Waals surface area contributed by atoms with E-state index in [1.54, 1.807) is 0 Å². The molecule has 0 radical (unpaired) electrons. The molecule has 4 nitrogen and oxygen atoms in total. The molecular formula is C26H42O4. The van der Waals surface area contributed by atoms with Gasteiger partial charge in [-0.05, 0) is 81.0 Å².